The molecule has 0 saturated heterocycles. The highest BCUT2D eigenvalue weighted by atomic mass is 16.1. The van der Waals surface area contributed by atoms with Crippen molar-refractivity contribution in [3.63, 3.8) is 0 Å². The van der Waals surface area contributed by atoms with E-state index in [1.54, 1.807) is 0 Å². The lowest BCUT2D eigenvalue weighted by molar-refractivity contribution is -0.122. The Balaban J connectivity index is 2.61. The molecule has 4 nitrogen and oxygen atoms in total. The average molecular weight is 153 g/mol. The molecule has 1 aliphatic carbocycles. The third-order valence-corrected chi connectivity index (χ3v) is 2.07. The van der Waals surface area contributed by atoms with E-state index in [-0.39, 0.29) is 11.8 Å². The van der Waals surface area contributed by atoms with Gasteiger partial charge in [0.2, 0.25) is 0 Å². The zero-order valence-corrected chi connectivity index (χ0v) is 6.53. The summed E-state index contributed by atoms with van der Waals surface area (Å²) in [6, 6.07) is -0.385. The van der Waals surface area contributed by atoms with Crippen LogP contribution in [0.1, 0.15) is 26.2 Å². The van der Waals surface area contributed by atoms with Gasteiger partial charge in [-0.05, 0) is 24.3 Å². The normalized spacial score (nSPS) is 31.2. The lowest BCUT2D eigenvalue weighted by Crippen LogP contribution is -2.26. The Morgan fingerprint density at radius 3 is 3.09 bits per heavy atom. The van der Waals surface area contributed by atoms with Crippen LogP contribution in [-0.4, -0.2) is 11.8 Å². The van der Waals surface area contributed by atoms with Crippen molar-refractivity contribution in [1.29, 1.82) is 0 Å². The van der Waals surface area contributed by atoms with Crippen LogP contribution < -0.4 is 0 Å². The second-order valence-electron chi connectivity index (χ2n) is 3.07. The lowest BCUT2D eigenvalue weighted by Gasteiger charge is -2.21. The molecule has 0 N–H and O–H groups in total. The number of carbonyl (C=O) groups excluding carboxylic acids is 1. The molecule has 0 aromatic heterocycles. The highest BCUT2D eigenvalue weighted by Crippen LogP contribution is 2.23. The first-order valence-corrected chi connectivity index (χ1v) is 3.81. The highest BCUT2D eigenvalue weighted by Gasteiger charge is 2.24. The van der Waals surface area contributed by atoms with E-state index in [0.717, 1.165) is 12.8 Å². The summed E-state index contributed by atoms with van der Waals surface area (Å²) in [7, 11) is 0. The molecule has 0 radical (unpaired) electrons. The van der Waals surface area contributed by atoms with E-state index >= 15 is 0 Å². The Labute approximate surface area is 65.2 Å². The number of Topliss-reactive ketones (excluding diaryl/α,β-unsaturated/α-hetero) is 1. The fourth-order valence-corrected chi connectivity index (χ4v) is 1.36. The van der Waals surface area contributed by atoms with Crippen LogP contribution in [0.15, 0.2) is 5.11 Å². The molecule has 1 saturated carbocycles. The summed E-state index contributed by atoms with van der Waals surface area (Å²) >= 11 is 0. The predicted octanol–water partition coefficient (Wildman–Crippen LogP) is 2.05. The monoisotopic (exact) mass is 153 g/mol. The van der Waals surface area contributed by atoms with Gasteiger partial charge in [0.15, 0.2) is 0 Å². The van der Waals surface area contributed by atoms with Crippen LogP contribution in [0, 0.1) is 5.92 Å². The predicted molar refractivity (Wildman–Crippen MR) is 41.0 cm³/mol. The summed E-state index contributed by atoms with van der Waals surface area (Å²) in [5.74, 6) is 0.615. The summed E-state index contributed by atoms with van der Waals surface area (Å²) < 4.78 is 0. The van der Waals surface area contributed by atoms with Crippen molar-refractivity contribution < 1.29 is 4.79 Å². The highest BCUT2D eigenvalue weighted by molar-refractivity contribution is 5.84. The summed E-state index contributed by atoms with van der Waals surface area (Å²) in [5.41, 5.74) is 8.13. The number of azide groups is 1. The van der Waals surface area contributed by atoms with Gasteiger partial charge in [-0.3, -0.25) is 4.79 Å². The number of hydrogen-bond acceptors (Lipinski definition) is 2. The van der Waals surface area contributed by atoms with Crippen molar-refractivity contribution in [2.45, 2.75) is 32.2 Å². The molecule has 0 aromatic carbocycles. The topological polar surface area (TPSA) is 65.8 Å². The molecular weight excluding hydrogens is 142 g/mol. The SMILES string of the molecule is C[C@H]1CCC(=O)[C@@H](N=[N+]=[N-])C1. The smallest absolute Gasteiger partial charge is 0.141 e. The molecular formula is C7H11N3O. The number of carbonyl (C=O) groups is 1. The van der Waals surface area contributed by atoms with E-state index in [1.807, 2.05) is 0 Å². The molecule has 11 heavy (non-hydrogen) atoms. The third-order valence-electron chi connectivity index (χ3n) is 2.07. The minimum Gasteiger partial charge on any atom is -0.299 e. The summed E-state index contributed by atoms with van der Waals surface area (Å²) in [5, 5.41) is 3.45. The molecule has 0 aromatic rings. The molecule has 1 aliphatic rings. The lowest BCUT2D eigenvalue weighted by atomic mass is 9.87. The summed E-state index contributed by atoms with van der Waals surface area (Å²) in [4.78, 5) is 13.7. The fraction of sp³-hybridized carbons (Fsp3) is 0.857. The van der Waals surface area contributed by atoms with E-state index in [2.05, 4.69) is 16.9 Å². The molecule has 2 atom stereocenters. The van der Waals surface area contributed by atoms with Gasteiger partial charge in [0.25, 0.3) is 0 Å². The van der Waals surface area contributed by atoms with E-state index in [9.17, 15) is 4.79 Å². The van der Waals surface area contributed by atoms with Crippen LogP contribution in [0.4, 0.5) is 0 Å². The average Bonchev–Trinajstić information content (AvgIpc) is 1.98. The molecule has 0 amide bonds. The first-order chi connectivity index (χ1) is 5.24. The van der Waals surface area contributed by atoms with Crippen LogP contribution in [0.25, 0.3) is 10.4 Å². The summed E-state index contributed by atoms with van der Waals surface area (Å²) in [6.07, 6.45) is 2.24. The van der Waals surface area contributed by atoms with Gasteiger partial charge < -0.3 is 0 Å². The molecule has 0 spiro atoms. The Morgan fingerprint density at radius 1 is 1.73 bits per heavy atom. The van der Waals surface area contributed by atoms with Crippen LogP contribution in [0.3, 0.4) is 0 Å². The van der Waals surface area contributed by atoms with Crippen LogP contribution in [0.5, 0.6) is 0 Å². The van der Waals surface area contributed by atoms with Gasteiger partial charge in [-0.1, -0.05) is 12.0 Å². The van der Waals surface area contributed by atoms with Gasteiger partial charge in [0, 0.05) is 11.3 Å². The molecule has 0 heterocycles. The van der Waals surface area contributed by atoms with Crippen LogP contribution in [0.2, 0.25) is 0 Å². The second-order valence-corrected chi connectivity index (χ2v) is 3.07. The third kappa shape index (κ3) is 1.95. The first kappa shape index (κ1) is 8.08. The van der Waals surface area contributed by atoms with Gasteiger partial charge in [-0.2, -0.15) is 0 Å². The molecule has 0 aliphatic heterocycles. The van der Waals surface area contributed by atoms with Gasteiger partial charge in [0.1, 0.15) is 5.78 Å². The Morgan fingerprint density at radius 2 is 2.45 bits per heavy atom. The van der Waals surface area contributed by atoms with Gasteiger partial charge >= 0.3 is 0 Å². The summed E-state index contributed by atoms with van der Waals surface area (Å²) in [6.45, 7) is 2.08. The van der Waals surface area contributed by atoms with Gasteiger partial charge in [0.05, 0.1) is 6.04 Å². The van der Waals surface area contributed by atoms with Crippen LogP contribution in [-0.2, 0) is 4.79 Å². The Kier molecular flexibility index (Phi) is 2.49. The maximum Gasteiger partial charge on any atom is 0.141 e. The van der Waals surface area contributed by atoms with Crippen molar-refractivity contribution in [1.82, 2.24) is 0 Å². The van der Waals surface area contributed by atoms with E-state index in [0.29, 0.717) is 12.3 Å². The van der Waals surface area contributed by atoms with Crippen molar-refractivity contribution in [2.24, 2.45) is 11.0 Å². The molecule has 1 fully saturated rings. The maximum atomic E-state index is 11.1. The largest absolute Gasteiger partial charge is 0.299 e. The minimum atomic E-state index is -0.385. The van der Waals surface area contributed by atoms with E-state index < -0.39 is 0 Å². The molecule has 0 unspecified atom stereocenters. The zero-order chi connectivity index (χ0) is 8.27. The van der Waals surface area contributed by atoms with E-state index in [4.69, 9.17) is 5.53 Å². The Bertz CT molecular complexity index is 208. The molecule has 60 valence electrons. The number of hydrogen-bond donors (Lipinski definition) is 0. The van der Waals surface area contributed by atoms with Crippen molar-refractivity contribution in [3.05, 3.63) is 10.4 Å². The molecule has 4 heteroatoms. The quantitative estimate of drug-likeness (QED) is 0.323. The zero-order valence-electron chi connectivity index (χ0n) is 6.53. The molecule has 1 rings (SSSR count). The minimum absolute atomic E-state index is 0.0981. The van der Waals surface area contributed by atoms with Gasteiger partial charge in [-0.25, -0.2) is 0 Å². The van der Waals surface area contributed by atoms with Crippen molar-refractivity contribution >= 4 is 5.78 Å². The standard InChI is InChI=1S/C7H11N3O/c1-5-2-3-7(11)6(4-5)9-10-8/h5-6H,2-4H2,1H3/t5-,6-/m0/s1. The second kappa shape index (κ2) is 3.39. The first-order valence-electron chi connectivity index (χ1n) is 3.81. The number of nitrogens with zero attached hydrogens (tertiary/aromatic N) is 3. The van der Waals surface area contributed by atoms with E-state index in [1.165, 1.54) is 0 Å². The van der Waals surface area contributed by atoms with Gasteiger partial charge in [-0.15, -0.1) is 0 Å². The van der Waals surface area contributed by atoms with Crippen molar-refractivity contribution in [3.8, 4) is 0 Å². The Hall–Kier alpha value is -1.02. The number of rotatable bonds is 1. The van der Waals surface area contributed by atoms with Crippen LogP contribution >= 0.6 is 0 Å². The fourth-order valence-electron chi connectivity index (χ4n) is 1.36. The maximum absolute atomic E-state index is 11.1. The van der Waals surface area contributed by atoms with Crippen molar-refractivity contribution in [2.75, 3.05) is 0 Å². The number of ketones is 1. The molecule has 0 bridgehead atoms.